The number of aliphatic hydroxyl groups excluding tert-OH is 1. The molecule has 0 saturated carbocycles. The zero-order valence-corrected chi connectivity index (χ0v) is 42.7. The first-order valence-electron chi connectivity index (χ1n) is 24.3. The summed E-state index contributed by atoms with van der Waals surface area (Å²) in [4.78, 5) is 52.2. The molecule has 0 unspecified atom stereocenters. The highest BCUT2D eigenvalue weighted by atomic mass is 32.1. The van der Waals surface area contributed by atoms with E-state index >= 15 is 22.0 Å². The number of H-pyrrole nitrogens is 1. The Hall–Kier alpha value is -5.47. The number of benzene rings is 3. The minimum atomic E-state index is -4.34. The molecule has 13 nitrogen and oxygen atoms in total. The number of para-hydroxylation sites is 1. The van der Waals surface area contributed by atoms with E-state index < -0.39 is 83.4 Å². The van der Waals surface area contributed by atoms with Crippen molar-refractivity contribution in [2.24, 2.45) is 5.41 Å². The highest BCUT2D eigenvalue weighted by molar-refractivity contribution is 7.13. The van der Waals surface area contributed by atoms with Gasteiger partial charge in [-0.15, -0.1) is 11.3 Å². The van der Waals surface area contributed by atoms with Gasteiger partial charge in [0.2, 0.25) is 11.8 Å². The van der Waals surface area contributed by atoms with Crippen molar-refractivity contribution in [3.63, 3.8) is 0 Å². The molecule has 0 radical (unpaired) electrons. The molecule has 6 atom stereocenters. The molecule has 1 fully saturated rings. The van der Waals surface area contributed by atoms with Gasteiger partial charge in [-0.1, -0.05) is 63.2 Å². The lowest BCUT2D eigenvalue weighted by Crippen LogP contribution is -2.60. The minimum Gasteiger partial charge on any atom is -0.493 e. The first-order valence-corrected chi connectivity index (χ1v) is 25.2. The minimum absolute atomic E-state index is 0.0134. The lowest BCUT2D eigenvalue weighted by atomic mass is 9.85. The second kappa shape index (κ2) is 22.3. The number of nitrogens with zero attached hydrogens (tertiary/aromatic N) is 3. The summed E-state index contributed by atoms with van der Waals surface area (Å²) < 4.78 is 93.4. The second-order valence-corrected chi connectivity index (χ2v) is 21.4. The number of alkyl halides is 3. The van der Waals surface area contributed by atoms with E-state index in [0.717, 1.165) is 55.2 Å². The predicted molar refractivity (Wildman–Crippen MR) is 264 cm³/mol. The third-order valence-corrected chi connectivity index (χ3v) is 14.1. The number of thiazole rings is 1. The third kappa shape index (κ3) is 12.6. The fraction of sp³-hybridized carbons (Fsp3) is 0.509. The van der Waals surface area contributed by atoms with Crippen molar-refractivity contribution < 1.29 is 55.7 Å². The SMILES string of the molecule is Cc1ncsc1-c1ccc([C@H](C)NC(=O)[C@@H]2C[C@@H](O)CN2C(=O)[C@@H](NC(=O)C(F)(F)OCCCOCCCOc2cc(F)c([C@@H]3c4[nH]c5ccccc5c4C[C@@H](C)N3CC(C)(C)F)c(F)c2)C(C)(C)C)cc1. The lowest BCUT2D eigenvalue weighted by molar-refractivity contribution is -0.233. The van der Waals surface area contributed by atoms with Crippen LogP contribution in [0.3, 0.4) is 0 Å². The second-order valence-electron chi connectivity index (χ2n) is 20.5. The average molecular weight is 1030 g/mol. The van der Waals surface area contributed by atoms with Crippen LogP contribution in [0.15, 0.2) is 66.2 Å². The van der Waals surface area contributed by atoms with Crippen molar-refractivity contribution in [3.05, 3.63) is 106 Å². The number of hydrogen-bond acceptors (Lipinski definition) is 10. The van der Waals surface area contributed by atoms with Crippen molar-refractivity contribution >= 4 is 40.0 Å². The summed E-state index contributed by atoms with van der Waals surface area (Å²) in [6.07, 6.45) is -4.67. The van der Waals surface area contributed by atoms with E-state index in [9.17, 15) is 19.5 Å². The largest absolute Gasteiger partial charge is 0.493 e. The summed E-state index contributed by atoms with van der Waals surface area (Å²) in [7, 11) is 0. The average Bonchev–Trinajstić information content (AvgIpc) is 4.03. The fourth-order valence-electron chi connectivity index (χ4n) is 9.51. The number of nitrogens with one attached hydrogen (secondary N) is 3. The van der Waals surface area contributed by atoms with Crippen LogP contribution in [-0.4, -0.2) is 118 Å². The van der Waals surface area contributed by atoms with Crippen LogP contribution in [0.5, 0.6) is 5.75 Å². The van der Waals surface area contributed by atoms with E-state index in [-0.39, 0.29) is 69.5 Å². The topological polar surface area (TPSA) is 158 Å². The van der Waals surface area contributed by atoms with Gasteiger partial charge in [-0.25, -0.2) is 18.2 Å². The van der Waals surface area contributed by atoms with E-state index in [1.807, 2.05) is 62.4 Å². The van der Waals surface area contributed by atoms with Crippen molar-refractivity contribution in [1.82, 2.24) is 30.4 Å². The Morgan fingerprint density at radius 2 is 1.61 bits per heavy atom. The van der Waals surface area contributed by atoms with Crippen LogP contribution in [-0.2, 0) is 30.3 Å². The van der Waals surface area contributed by atoms with Crippen molar-refractivity contribution in [3.8, 4) is 16.2 Å². The molecule has 2 aliphatic heterocycles. The number of aromatic nitrogens is 2. The smallest absolute Gasteiger partial charge is 0.436 e. The highest BCUT2D eigenvalue weighted by Gasteiger charge is 2.49. The molecule has 4 heterocycles. The summed E-state index contributed by atoms with van der Waals surface area (Å²) in [5, 5.41) is 16.6. The van der Waals surface area contributed by atoms with Crippen LogP contribution in [0.1, 0.15) is 108 Å². The maximum Gasteiger partial charge on any atom is 0.436 e. The number of fused-ring (bicyclic) bond motifs is 3. The first-order chi connectivity index (χ1) is 33.9. The Labute approximate surface area is 420 Å². The maximum absolute atomic E-state index is 16.0. The normalized spacial score (nSPS) is 19.6. The van der Waals surface area contributed by atoms with E-state index in [0.29, 0.717) is 12.1 Å². The summed E-state index contributed by atoms with van der Waals surface area (Å²) in [6.45, 7) is 12.4. The number of likely N-dealkylation sites (tertiary alicyclic amines) is 1. The summed E-state index contributed by atoms with van der Waals surface area (Å²) >= 11 is 1.52. The third-order valence-electron chi connectivity index (χ3n) is 13.1. The first kappa shape index (κ1) is 54.3. The monoisotopic (exact) mass is 1020 g/mol. The molecule has 72 heavy (non-hydrogen) atoms. The van der Waals surface area contributed by atoms with Gasteiger partial charge in [0.25, 0.3) is 0 Å². The molecule has 19 heteroatoms. The van der Waals surface area contributed by atoms with E-state index in [1.54, 1.807) is 38.1 Å². The van der Waals surface area contributed by atoms with Gasteiger partial charge in [-0.3, -0.25) is 19.3 Å². The number of rotatable bonds is 20. The Kier molecular flexibility index (Phi) is 16.8. The molecule has 0 bridgehead atoms. The van der Waals surface area contributed by atoms with Crippen LogP contribution in [0.2, 0.25) is 0 Å². The van der Waals surface area contributed by atoms with Crippen LogP contribution >= 0.6 is 11.3 Å². The predicted octanol–water partition coefficient (Wildman–Crippen LogP) is 9.12. The van der Waals surface area contributed by atoms with Gasteiger partial charge in [-0.2, -0.15) is 8.78 Å². The molecule has 3 amide bonds. The number of aryl methyl sites for hydroxylation is 1. The Bertz CT molecular complexity index is 2680. The number of carbonyl (C=O) groups is 3. The molecule has 3 aromatic carbocycles. The zero-order chi connectivity index (χ0) is 52.3. The number of β-amino-alcohol motifs (C(OH)–C–C–N with tert-alkyl or cyclic N) is 1. The summed E-state index contributed by atoms with van der Waals surface area (Å²) in [6, 6.07) is 13.2. The molecule has 0 aliphatic carbocycles. The van der Waals surface area contributed by atoms with Gasteiger partial charge >= 0.3 is 12.0 Å². The molecular weight excluding hydrogens is 960 g/mol. The number of halogens is 5. The van der Waals surface area contributed by atoms with Gasteiger partial charge in [0, 0.05) is 79.5 Å². The summed E-state index contributed by atoms with van der Waals surface area (Å²) in [5.41, 5.74) is 3.87. The number of amides is 3. The zero-order valence-electron chi connectivity index (χ0n) is 41.9. The quantitative estimate of drug-likeness (QED) is 0.0441. The van der Waals surface area contributed by atoms with Crippen molar-refractivity contribution in [2.75, 3.05) is 39.5 Å². The number of carbonyl (C=O) groups excluding carboxylic acids is 3. The Morgan fingerprint density at radius 1 is 0.944 bits per heavy atom. The van der Waals surface area contributed by atoms with Crippen molar-refractivity contribution in [2.45, 2.75) is 129 Å². The van der Waals surface area contributed by atoms with Gasteiger partial charge in [-0.05, 0) is 75.6 Å². The van der Waals surface area contributed by atoms with E-state index in [4.69, 9.17) is 9.47 Å². The number of hydrogen-bond donors (Lipinski definition) is 4. The van der Waals surface area contributed by atoms with Crippen LogP contribution in [0, 0.1) is 24.0 Å². The van der Waals surface area contributed by atoms with E-state index in [1.165, 1.54) is 25.2 Å². The lowest BCUT2D eigenvalue weighted by Gasteiger charge is -2.43. The van der Waals surface area contributed by atoms with Gasteiger partial charge in [0.15, 0.2) is 0 Å². The van der Waals surface area contributed by atoms with Crippen LogP contribution in [0.4, 0.5) is 22.0 Å². The van der Waals surface area contributed by atoms with Gasteiger partial charge in [0.1, 0.15) is 35.1 Å². The molecule has 7 rings (SSSR count). The van der Waals surface area contributed by atoms with Crippen LogP contribution < -0.4 is 15.4 Å². The fourth-order valence-corrected chi connectivity index (χ4v) is 10.3. The molecule has 2 aliphatic rings. The van der Waals surface area contributed by atoms with Crippen molar-refractivity contribution in [1.29, 1.82) is 0 Å². The van der Waals surface area contributed by atoms with Gasteiger partial charge in [0.05, 0.1) is 47.5 Å². The highest BCUT2D eigenvalue weighted by Crippen LogP contribution is 2.44. The molecule has 2 aromatic heterocycles. The van der Waals surface area contributed by atoms with Gasteiger partial charge < -0.3 is 39.8 Å². The molecule has 390 valence electrons. The number of aromatic amines is 1. The van der Waals surface area contributed by atoms with E-state index in [2.05, 4.69) is 25.3 Å². The number of aliphatic hydroxyl groups is 1. The molecule has 1 saturated heterocycles. The number of ether oxygens (including phenoxy) is 3. The standard InChI is InChI=1S/C53H65F5N6O7S/c1-30-23-38-37-13-9-10-14-41(37)61-44(38)45(64(30)28-52(7,8)56)43-39(54)25-36(26-40(43)55)70-21-11-19-69-20-12-22-71-53(57,58)50(68)62-47(51(4,5)6)49(67)63-27-35(65)24-42(63)48(66)60-31(2)33-15-17-34(18-16-33)46-32(3)59-29-72-46/h9-10,13-18,25-26,29-31,35,42,45,47,61,65H,11-12,19-24,27-28H2,1-8H3,(H,60,66)(H,62,68)/t30-,31+,35-,42+,45-,47-/m1/s1. The summed E-state index contributed by atoms with van der Waals surface area (Å²) in [5.74, 6) is -4.94. The van der Waals surface area contributed by atoms with Crippen LogP contribution in [0.25, 0.3) is 21.3 Å². The molecular formula is C53H65F5N6O7S. The molecule has 0 spiro atoms. The molecule has 5 aromatic rings. The molecule has 4 N–H and O–H groups in total. The maximum atomic E-state index is 16.0. The Morgan fingerprint density at radius 3 is 2.25 bits per heavy atom. The Balaban J connectivity index is 0.862.